The van der Waals surface area contributed by atoms with Crippen LogP contribution >= 0.6 is 0 Å². The van der Waals surface area contributed by atoms with Gasteiger partial charge in [0.15, 0.2) is 11.5 Å². The van der Waals surface area contributed by atoms with Crippen LogP contribution in [0.25, 0.3) is 22.1 Å². The third kappa shape index (κ3) is 4.77. The van der Waals surface area contributed by atoms with Gasteiger partial charge in [0.25, 0.3) is 11.5 Å². The van der Waals surface area contributed by atoms with E-state index >= 15 is 0 Å². The molecule has 0 aliphatic carbocycles. The Morgan fingerprint density at radius 3 is 2.60 bits per heavy atom. The van der Waals surface area contributed by atoms with Crippen LogP contribution in [0.1, 0.15) is 47.1 Å². The van der Waals surface area contributed by atoms with E-state index in [9.17, 15) is 9.59 Å². The third-order valence-corrected chi connectivity index (χ3v) is 7.06. The highest BCUT2D eigenvalue weighted by atomic mass is 16.2. The maximum absolute atomic E-state index is 14.4. The fourth-order valence-corrected chi connectivity index (χ4v) is 5.10. The maximum atomic E-state index is 14.4. The van der Waals surface area contributed by atoms with E-state index < -0.39 is 11.9 Å². The molecule has 0 fully saturated rings. The predicted molar refractivity (Wildman–Crippen MR) is 161 cm³/mol. The van der Waals surface area contributed by atoms with Crippen LogP contribution in [0.15, 0.2) is 90.2 Å². The molecule has 6 rings (SSSR count). The molecule has 0 saturated carbocycles. The molecule has 0 aliphatic heterocycles. The summed E-state index contributed by atoms with van der Waals surface area (Å²) in [7, 11) is 1.83. The first kappa shape index (κ1) is 26.5. The Bertz CT molecular complexity index is 2080. The lowest BCUT2D eigenvalue weighted by Gasteiger charge is -2.27. The molecule has 1 atom stereocenters. The van der Waals surface area contributed by atoms with Crippen LogP contribution in [0.4, 0.5) is 5.82 Å². The number of rotatable bonds is 5. The van der Waals surface area contributed by atoms with Crippen molar-refractivity contribution in [3.8, 4) is 17.5 Å². The zero-order valence-corrected chi connectivity index (χ0v) is 23.3. The topological polar surface area (TPSA) is 125 Å². The molecule has 0 saturated heterocycles. The molecule has 10 nitrogen and oxygen atoms in total. The standard InChI is InChI=1S/C32H28N8O2/c1-20(2)28(36-31(41)27-29(33)37-39-16-8-15-34-30(27)39)25-17-23-10-7-9-22(14-13-21-18-35-38(3)19-21)26(23)32(42)40(25)24-11-5-4-6-12-24/h4-12,15-20,28H,1-3H3,(H2,33,37)(H,36,41). The third-order valence-electron chi connectivity index (χ3n) is 7.06. The number of anilines is 1. The van der Waals surface area contributed by atoms with Crippen LogP contribution in [0.5, 0.6) is 0 Å². The van der Waals surface area contributed by atoms with Crippen molar-refractivity contribution in [1.29, 1.82) is 0 Å². The number of benzene rings is 2. The maximum Gasteiger partial charge on any atom is 0.264 e. The largest absolute Gasteiger partial charge is 0.381 e. The molecule has 0 spiro atoms. The van der Waals surface area contributed by atoms with Gasteiger partial charge < -0.3 is 11.1 Å². The van der Waals surface area contributed by atoms with Crippen LogP contribution in [-0.4, -0.2) is 34.9 Å². The number of nitrogens with one attached hydrogen (secondary N) is 1. The second-order valence-electron chi connectivity index (χ2n) is 10.3. The Morgan fingerprint density at radius 1 is 1.05 bits per heavy atom. The summed E-state index contributed by atoms with van der Waals surface area (Å²) in [5.74, 6) is 5.83. The van der Waals surface area contributed by atoms with Crippen molar-refractivity contribution in [3.05, 3.63) is 118 Å². The molecule has 2 aromatic carbocycles. The summed E-state index contributed by atoms with van der Waals surface area (Å²) in [6.07, 6.45) is 6.76. The van der Waals surface area contributed by atoms with Gasteiger partial charge in [-0.1, -0.05) is 56.0 Å². The van der Waals surface area contributed by atoms with Gasteiger partial charge in [0.1, 0.15) is 5.56 Å². The van der Waals surface area contributed by atoms with Crippen molar-refractivity contribution in [2.75, 3.05) is 5.73 Å². The number of pyridine rings is 1. The first-order chi connectivity index (χ1) is 20.3. The van der Waals surface area contributed by atoms with E-state index in [0.717, 1.165) is 10.9 Å². The summed E-state index contributed by atoms with van der Waals surface area (Å²) < 4.78 is 4.80. The van der Waals surface area contributed by atoms with E-state index in [1.807, 2.05) is 81.7 Å². The minimum atomic E-state index is -0.557. The van der Waals surface area contributed by atoms with Crippen molar-refractivity contribution in [1.82, 2.24) is 34.3 Å². The van der Waals surface area contributed by atoms with Crippen molar-refractivity contribution >= 4 is 28.1 Å². The van der Waals surface area contributed by atoms with Gasteiger partial charge >= 0.3 is 0 Å². The minimum absolute atomic E-state index is 0.0736. The molecule has 42 heavy (non-hydrogen) atoms. The van der Waals surface area contributed by atoms with Crippen molar-refractivity contribution in [3.63, 3.8) is 0 Å². The Hall–Kier alpha value is -5.69. The van der Waals surface area contributed by atoms with Crippen molar-refractivity contribution in [2.45, 2.75) is 19.9 Å². The lowest BCUT2D eigenvalue weighted by atomic mass is 9.96. The summed E-state index contributed by atoms with van der Waals surface area (Å²) in [6.45, 7) is 3.98. The normalized spacial score (nSPS) is 11.9. The van der Waals surface area contributed by atoms with Gasteiger partial charge in [-0.2, -0.15) is 5.10 Å². The van der Waals surface area contributed by atoms with Gasteiger partial charge in [0.05, 0.1) is 23.2 Å². The summed E-state index contributed by atoms with van der Waals surface area (Å²) in [6, 6.07) is 18.1. The monoisotopic (exact) mass is 556 g/mol. The van der Waals surface area contributed by atoms with E-state index in [4.69, 9.17) is 5.73 Å². The Kier molecular flexibility index (Phi) is 6.76. The number of para-hydroxylation sites is 1. The van der Waals surface area contributed by atoms with Crippen molar-refractivity contribution in [2.24, 2.45) is 13.0 Å². The predicted octanol–water partition coefficient (Wildman–Crippen LogP) is 3.88. The molecule has 0 bridgehead atoms. The fraction of sp³-hybridized carbons (Fsp3) is 0.156. The molecule has 0 aliphatic rings. The lowest BCUT2D eigenvalue weighted by Crippen LogP contribution is -2.36. The second-order valence-corrected chi connectivity index (χ2v) is 10.3. The SMILES string of the molecule is CC(C)C(NC(=O)c1c(N)nn2cccnc12)c1cc2cccc(C#Cc3cnn(C)c3)c2c(=O)n1-c1ccccc1. The number of nitrogens with two attached hydrogens (primary N) is 1. The van der Waals surface area contributed by atoms with Gasteiger partial charge in [-0.15, -0.1) is 5.10 Å². The zero-order chi connectivity index (χ0) is 29.4. The molecule has 0 radical (unpaired) electrons. The first-order valence-electron chi connectivity index (χ1n) is 13.5. The Labute approximate surface area is 241 Å². The van der Waals surface area contributed by atoms with Gasteiger partial charge in [0, 0.05) is 42.6 Å². The highest BCUT2D eigenvalue weighted by Gasteiger charge is 2.28. The van der Waals surface area contributed by atoms with E-state index in [1.165, 1.54) is 4.52 Å². The molecule has 4 heterocycles. The van der Waals surface area contributed by atoms with Gasteiger partial charge in [-0.3, -0.25) is 18.8 Å². The quantitative estimate of drug-likeness (QED) is 0.311. The van der Waals surface area contributed by atoms with Crippen LogP contribution < -0.4 is 16.6 Å². The van der Waals surface area contributed by atoms with Gasteiger partial charge in [-0.25, -0.2) is 9.50 Å². The highest BCUT2D eigenvalue weighted by molar-refractivity contribution is 6.04. The molecule has 10 heteroatoms. The number of amides is 1. The summed E-state index contributed by atoms with van der Waals surface area (Å²) in [4.78, 5) is 32.4. The van der Waals surface area contributed by atoms with Crippen LogP contribution in [0.3, 0.4) is 0 Å². The number of carbonyl (C=O) groups excluding carboxylic acids is 1. The molecule has 3 N–H and O–H groups in total. The molecular formula is C32H28N8O2. The van der Waals surface area contributed by atoms with Crippen LogP contribution in [-0.2, 0) is 7.05 Å². The molecule has 208 valence electrons. The van der Waals surface area contributed by atoms with E-state index in [-0.39, 0.29) is 22.9 Å². The molecular weight excluding hydrogens is 528 g/mol. The minimum Gasteiger partial charge on any atom is -0.381 e. The second kappa shape index (κ2) is 10.7. The van der Waals surface area contributed by atoms with E-state index in [0.29, 0.717) is 28.0 Å². The lowest BCUT2D eigenvalue weighted by molar-refractivity contribution is 0.0926. The smallest absolute Gasteiger partial charge is 0.264 e. The average Bonchev–Trinajstić information content (AvgIpc) is 3.56. The summed E-state index contributed by atoms with van der Waals surface area (Å²) in [5.41, 5.74) is 9.10. The highest BCUT2D eigenvalue weighted by Crippen LogP contribution is 2.28. The Balaban J connectivity index is 1.53. The van der Waals surface area contributed by atoms with Crippen LogP contribution in [0.2, 0.25) is 0 Å². The van der Waals surface area contributed by atoms with E-state index in [1.54, 1.807) is 33.9 Å². The van der Waals surface area contributed by atoms with Gasteiger partial charge in [-0.05, 0) is 41.6 Å². The molecule has 6 aromatic rings. The zero-order valence-electron chi connectivity index (χ0n) is 23.3. The molecule has 4 aromatic heterocycles. The van der Waals surface area contributed by atoms with Gasteiger partial charge in [0.2, 0.25) is 0 Å². The first-order valence-corrected chi connectivity index (χ1v) is 13.5. The number of carbonyl (C=O) groups is 1. The average molecular weight is 557 g/mol. The number of nitrogen functional groups attached to an aromatic ring is 1. The summed E-state index contributed by atoms with van der Waals surface area (Å²) >= 11 is 0. The number of nitrogens with zero attached hydrogens (tertiary/aromatic N) is 6. The van der Waals surface area contributed by atoms with Crippen molar-refractivity contribution < 1.29 is 4.79 Å². The van der Waals surface area contributed by atoms with Crippen LogP contribution in [0, 0.1) is 17.8 Å². The number of fused-ring (bicyclic) bond motifs is 2. The fourth-order valence-electron chi connectivity index (χ4n) is 5.10. The van der Waals surface area contributed by atoms with E-state index in [2.05, 4.69) is 32.3 Å². The number of hydrogen-bond donors (Lipinski definition) is 2. The summed E-state index contributed by atoms with van der Waals surface area (Å²) in [5, 5.41) is 12.7. The number of aryl methyl sites for hydroxylation is 1. The Morgan fingerprint density at radius 2 is 1.86 bits per heavy atom. The molecule has 1 amide bonds. The number of aromatic nitrogens is 6. The number of hydrogen-bond acceptors (Lipinski definition) is 6. The molecule has 1 unspecified atom stereocenters.